The SMILES string of the molecule is [NH]S(=O)(=O)c1ccc2cc(Br)ccc2c1. The van der Waals surface area contributed by atoms with E-state index in [4.69, 9.17) is 5.14 Å². The third kappa shape index (κ3) is 2.19. The summed E-state index contributed by atoms with van der Waals surface area (Å²) >= 11 is 3.34. The number of hydrogen-bond donors (Lipinski definition) is 0. The largest absolute Gasteiger partial charge is 0.254 e. The summed E-state index contributed by atoms with van der Waals surface area (Å²) in [6.45, 7) is 0. The highest BCUT2D eigenvalue weighted by atomic mass is 79.9. The maximum absolute atomic E-state index is 11.0. The van der Waals surface area contributed by atoms with Gasteiger partial charge in [-0.3, -0.25) is 0 Å². The molecule has 0 heterocycles. The van der Waals surface area contributed by atoms with Gasteiger partial charge in [0, 0.05) is 4.47 Å². The molecular formula is C10H7BrNO2S. The van der Waals surface area contributed by atoms with Gasteiger partial charge in [-0.15, -0.1) is 5.14 Å². The molecule has 3 nitrogen and oxygen atoms in total. The molecular weight excluding hydrogens is 278 g/mol. The Balaban J connectivity index is 2.73. The van der Waals surface area contributed by atoms with Crippen LogP contribution in [0.2, 0.25) is 0 Å². The Labute approximate surface area is 96.1 Å². The van der Waals surface area contributed by atoms with Gasteiger partial charge in [-0.1, -0.05) is 28.1 Å². The summed E-state index contributed by atoms with van der Waals surface area (Å²) in [5.41, 5.74) is 0. The molecule has 0 bridgehead atoms. The summed E-state index contributed by atoms with van der Waals surface area (Å²) < 4.78 is 22.9. The van der Waals surface area contributed by atoms with E-state index in [9.17, 15) is 8.42 Å². The zero-order valence-corrected chi connectivity index (χ0v) is 9.97. The fourth-order valence-electron chi connectivity index (χ4n) is 1.36. The van der Waals surface area contributed by atoms with Crippen LogP contribution in [-0.2, 0) is 10.0 Å². The smallest absolute Gasteiger partial charge is 0.206 e. The molecule has 15 heavy (non-hydrogen) atoms. The van der Waals surface area contributed by atoms with E-state index in [1.165, 1.54) is 12.1 Å². The van der Waals surface area contributed by atoms with Crippen molar-refractivity contribution in [1.82, 2.24) is 5.14 Å². The van der Waals surface area contributed by atoms with Crippen LogP contribution in [0.25, 0.3) is 10.8 Å². The Kier molecular flexibility index (Phi) is 2.54. The first-order valence-electron chi connectivity index (χ1n) is 4.16. The number of sulfonamides is 1. The molecule has 0 spiro atoms. The van der Waals surface area contributed by atoms with Gasteiger partial charge in [0.05, 0.1) is 4.90 Å². The Morgan fingerprint density at radius 3 is 2.27 bits per heavy atom. The summed E-state index contributed by atoms with van der Waals surface area (Å²) in [4.78, 5) is 0.0253. The van der Waals surface area contributed by atoms with Gasteiger partial charge in [-0.25, -0.2) is 8.42 Å². The van der Waals surface area contributed by atoms with E-state index >= 15 is 0 Å². The molecule has 0 saturated heterocycles. The average Bonchev–Trinajstić information content (AvgIpc) is 2.15. The van der Waals surface area contributed by atoms with Gasteiger partial charge in [-0.05, 0) is 35.0 Å². The van der Waals surface area contributed by atoms with Crippen molar-refractivity contribution in [2.75, 3.05) is 0 Å². The highest BCUT2D eigenvalue weighted by molar-refractivity contribution is 9.10. The van der Waals surface area contributed by atoms with Gasteiger partial charge in [0.2, 0.25) is 0 Å². The van der Waals surface area contributed by atoms with E-state index in [1.54, 1.807) is 6.07 Å². The lowest BCUT2D eigenvalue weighted by Crippen LogP contribution is -1.99. The number of fused-ring (bicyclic) bond motifs is 1. The van der Waals surface area contributed by atoms with Crippen molar-refractivity contribution < 1.29 is 8.42 Å². The van der Waals surface area contributed by atoms with Crippen LogP contribution < -0.4 is 5.14 Å². The third-order valence-corrected chi connectivity index (χ3v) is 3.45. The van der Waals surface area contributed by atoms with Gasteiger partial charge in [-0.2, -0.15) is 0 Å². The van der Waals surface area contributed by atoms with Crippen LogP contribution in [0.3, 0.4) is 0 Å². The Bertz CT molecular complexity index is 622. The molecule has 0 saturated carbocycles. The molecule has 77 valence electrons. The number of hydrogen-bond acceptors (Lipinski definition) is 2. The van der Waals surface area contributed by atoms with Crippen molar-refractivity contribution in [3.63, 3.8) is 0 Å². The Morgan fingerprint density at radius 1 is 1.00 bits per heavy atom. The van der Waals surface area contributed by atoms with Crippen LogP contribution in [0.15, 0.2) is 45.8 Å². The monoisotopic (exact) mass is 284 g/mol. The second kappa shape index (κ2) is 3.59. The van der Waals surface area contributed by atoms with Gasteiger partial charge in [0.1, 0.15) is 0 Å². The first-order chi connectivity index (χ1) is 6.97. The average molecular weight is 285 g/mol. The number of halogens is 1. The van der Waals surface area contributed by atoms with E-state index < -0.39 is 10.0 Å². The molecule has 0 fully saturated rings. The zero-order valence-electron chi connectivity index (χ0n) is 7.57. The van der Waals surface area contributed by atoms with E-state index in [2.05, 4.69) is 15.9 Å². The van der Waals surface area contributed by atoms with Crippen molar-refractivity contribution in [3.8, 4) is 0 Å². The number of benzene rings is 2. The second-order valence-electron chi connectivity index (χ2n) is 3.16. The highest BCUT2D eigenvalue weighted by Gasteiger charge is 2.08. The lowest BCUT2D eigenvalue weighted by Gasteiger charge is -2.01. The highest BCUT2D eigenvalue weighted by Crippen LogP contribution is 2.22. The third-order valence-electron chi connectivity index (χ3n) is 2.08. The van der Waals surface area contributed by atoms with Crippen molar-refractivity contribution in [1.29, 1.82) is 0 Å². The molecule has 0 atom stereocenters. The van der Waals surface area contributed by atoms with Crippen molar-refractivity contribution in [2.45, 2.75) is 4.90 Å². The van der Waals surface area contributed by atoms with Crippen molar-refractivity contribution in [2.24, 2.45) is 0 Å². The van der Waals surface area contributed by atoms with Gasteiger partial charge < -0.3 is 0 Å². The molecule has 0 amide bonds. The van der Waals surface area contributed by atoms with E-state index in [0.717, 1.165) is 15.2 Å². The van der Waals surface area contributed by atoms with Gasteiger partial charge >= 0.3 is 0 Å². The van der Waals surface area contributed by atoms with Crippen LogP contribution in [0.5, 0.6) is 0 Å². The fourth-order valence-corrected chi connectivity index (χ4v) is 2.27. The summed E-state index contributed by atoms with van der Waals surface area (Å²) in [6, 6.07) is 10.2. The van der Waals surface area contributed by atoms with Gasteiger partial charge in [0.15, 0.2) is 0 Å². The molecule has 5 heteroatoms. The van der Waals surface area contributed by atoms with E-state index in [1.807, 2.05) is 18.2 Å². The molecule has 2 aromatic carbocycles. The topological polar surface area (TPSA) is 57.9 Å². The molecule has 2 rings (SSSR count). The van der Waals surface area contributed by atoms with Crippen LogP contribution >= 0.6 is 15.9 Å². The molecule has 0 aliphatic heterocycles. The lowest BCUT2D eigenvalue weighted by molar-refractivity contribution is 0.596. The van der Waals surface area contributed by atoms with Crippen molar-refractivity contribution in [3.05, 3.63) is 40.9 Å². The summed E-state index contributed by atoms with van der Waals surface area (Å²) in [5, 5.41) is 8.71. The van der Waals surface area contributed by atoms with E-state index in [-0.39, 0.29) is 4.90 Å². The Morgan fingerprint density at radius 2 is 1.60 bits per heavy atom. The minimum Gasteiger partial charge on any atom is -0.206 e. The first kappa shape index (κ1) is 10.6. The van der Waals surface area contributed by atoms with Crippen LogP contribution in [0.1, 0.15) is 0 Å². The minimum absolute atomic E-state index is 0.0253. The molecule has 2 aromatic rings. The molecule has 0 aliphatic carbocycles. The van der Waals surface area contributed by atoms with Crippen molar-refractivity contribution >= 4 is 36.7 Å². The normalized spacial score (nSPS) is 11.9. The molecule has 0 aromatic heterocycles. The van der Waals surface area contributed by atoms with Crippen LogP contribution in [-0.4, -0.2) is 8.42 Å². The zero-order chi connectivity index (χ0) is 11.1. The molecule has 0 unspecified atom stereocenters. The minimum atomic E-state index is -3.87. The maximum atomic E-state index is 11.0. The predicted molar refractivity (Wildman–Crippen MR) is 61.9 cm³/mol. The second-order valence-corrected chi connectivity index (χ2v) is 5.55. The summed E-state index contributed by atoms with van der Waals surface area (Å²) in [6.07, 6.45) is 0. The summed E-state index contributed by atoms with van der Waals surface area (Å²) in [5.74, 6) is 0. The fraction of sp³-hybridized carbons (Fsp3) is 0. The Hall–Kier alpha value is -0.910. The number of nitrogens with one attached hydrogen (secondary N) is 1. The van der Waals surface area contributed by atoms with E-state index in [0.29, 0.717) is 0 Å². The van der Waals surface area contributed by atoms with Gasteiger partial charge in [0.25, 0.3) is 10.0 Å². The molecule has 1 N–H and O–H groups in total. The summed E-state index contributed by atoms with van der Waals surface area (Å²) in [7, 11) is -3.87. The first-order valence-corrected chi connectivity index (χ1v) is 6.43. The standard InChI is InChI=1S/C10H7BrNO2S/c11-9-3-1-8-6-10(15(12,13)14)4-2-7(8)5-9/h1-6,12H. The molecule has 0 aliphatic rings. The lowest BCUT2D eigenvalue weighted by atomic mass is 10.1. The van der Waals surface area contributed by atoms with Crippen LogP contribution in [0, 0.1) is 0 Å². The number of rotatable bonds is 1. The predicted octanol–water partition coefficient (Wildman–Crippen LogP) is 2.57. The van der Waals surface area contributed by atoms with Crippen LogP contribution in [0.4, 0.5) is 0 Å². The quantitative estimate of drug-likeness (QED) is 0.808. The molecule has 1 radical (unpaired) electrons. The maximum Gasteiger partial charge on any atom is 0.254 e.